The van der Waals surface area contributed by atoms with Gasteiger partial charge in [-0.05, 0) is 98.5 Å². The van der Waals surface area contributed by atoms with Crippen molar-refractivity contribution < 1.29 is 28.8 Å². The van der Waals surface area contributed by atoms with Crippen molar-refractivity contribution in [2.24, 2.45) is 11.3 Å². The summed E-state index contributed by atoms with van der Waals surface area (Å²) in [6.07, 6.45) is 4.51. The molecule has 1 N–H and O–H groups in total. The van der Waals surface area contributed by atoms with Crippen molar-refractivity contribution in [3.63, 3.8) is 0 Å². The van der Waals surface area contributed by atoms with Crippen LogP contribution in [-0.2, 0) is 14.4 Å². The molecule has 0 aromatic heterocycles. The van der Waals surface area contributed by atoms with E-state index in [1.165, 1.54) is 0 Å². The van der Waals surface area contributed by atoms with Crippen LogP contribution in [0.25, 0.3) is 4.85 Å². The SMILES string of the molecule is [C-]#[N+]c1ccc(N2CCC3(CCN(C(=O)c4ccc(N5CCN(C(=O)C6CCN(c7ccc8c(c7)C(=O)N(C7CCC(=O)NC7=O)C8=O)CC6)CC5)cc4)CC3)C2)cc1Cl. The molecule has 14 nitrogen and oxygen atoms in total. The molecule has 5 saturated heterocycles. The number of imide groups is 2. The first-order valence-corrected chi connectivity index (χ1v) is 21.3. The highest BCUT2D eigenvalue weighted by atomic mass is 35.5. The van der Waals surface area contributed by atoms with E-state index in [1.807, 2.05) is 52.3 Å². The largest absolute Gasteiger partial charge is 0.371 e. The highest BCUT2D eigenvalue weighted by molar-refractivity contribution is 6.33. The lowest BCUT2D eigenvalue weighted by atomic mass is 9.77. The molecule has 6 amide bonds. The van der Waals surface area contributed by atoms with Crippen LogP contribution in [0.5, 0.6) is 0 Å². The van der Waals surface area contributed by atoms with Gasteiger partial charge in [-0.3, -0.25) is 39.0 Å². The first-order valence-electron chi connectivity index (χ1n) is 21.0. The first kappa shape index (κ1) is 39.5. The summed E-state index contributed by atoms with van der Waals surface area (Å²) >= 11 is 6.32. The molecule has 3 aromatic carbocycles. The van der Waals surface area contributed by atoms with Crippen molar-refractivity contribution in [1.82, 2.24) is 20.0 Å². The van der Waals surface area contributed by atoms with Crippen molar-refractivity contribution >= 4 is 69.8 Å². The molecule has 0 radical (unpaired) electrons. The van der Waals surface area contributed by atoms with E-state index in [0.717, 1.165) is 67.4 Å². The van der Waals surface area contributed by atoms with Gasteiger partial charge in [-0.2, -0.15) is 0 Å². The minimum Gasteiger partial charge on any atom is -0.371 e. The molecule has 0 saturated carbocycles. The third kappa shape index (κ3) is 7.33. The number of hydrogen-bond donors (Lipinski definition) is 1. The lowest BCUT2D eigenvalue weighted by Crippen LogP contribution is -2.54. The summed E-state index contributed by atoms with van der Waals surface area (Å²) in [5, 5.41) is 2.71. The van der Waals surface area contributed by atoms with E-state index in [4.69, 9.17) is 18.2 Å². The summed E-state index contributed by atoms with van der Waals surface area (Å²) in [5.74, 6) is -1.97. The average molecular weight is 831 g/mol. The molecule has 9 rings (SSSR count). The lowest BCUT2D eigenvalue weighted by molar-refractivity contribution is -0.137. The summed E-state index contributed by atoms with van der Waals surface area (Å²) in [4.78, 5) is 92.9. The van der Waals surface area contributed by atoms with E-state index in [1.54, 1.807) is 18.2 Å². The topological polar surface area (TPSA) is 138 Å². The number of carbonyl (C=O) groups is 6. The molecule has 15 heteroatoms. The Morgan fingerprint density at radius 2 is 1.32 bits per heavy atom. The molecule has 1 unspecified atom stereocenters. The predicted molar refractivity (Wildman–Crippen MR) is 225 cm³/mol. The summed E-state index contributed by atoms with van der Waals surface area (Å²) in [7, 11) is 0. The number of nitrogens with zero attached hydrogens (tertiary/aromatic N) is 7. The Labute approximate surface area is 353 Å². The van der Waals surface area contributed by atoms with Crippen molar-refractivity contribution in [2.75, 3.05) is 80.1 Å². The monoisotopic (exact) mass is 830 g/mol. The van der Waals surface area contributed by atoms with Crippen LogP contribution in [0.3, 0.4) is 0 Å². The maximum atomic E-state index is 13.7. The minimum absolute atomic E-state index is 0.0606. The molecular weight excluding hydrogens is 784 g/mol. The van der Waals surface area contributed by atoms with Gasteiger partial charge in [0.25, 0.3) is 17.7 Å². The number of rotatable bonds is 6. The van der Waals surface area contributed by atoms with Crippen LogP contribution in [0.15, 0.2) is 60.7 Å². The van der Waals surface area contributed by atoms with Crippen molar-refractivity contribution in [2.45, 2.75) is 51.0 Å². The number of benzene rings is 3. The molecule has 6 heterocycles. The molecule has 6 aliphatic heterocycles. The average Bonchev–Trinajstić information content (AvgIpc) is 3.80. The smallest absolute Gasteiger partial charge is 0.262 e. The molecule has 1 spiro atoms. The number of amides is 6. The van der Waals surface area contributed by atoms with E-state index >= 15 is 0 Å². The quantitative estimate of drug-likeness (QED) is 0.269. The zero-order valence-corrected chi connectivity index (χ0v) is 34.2. The van der Waals surface area contributed by atoms with Gasteiger partial charge in [0.2, 0.25) is 23.4 Å². The highest BCUT2D eigenvalue weighted by Gasteiger charge is 2.45. The van der Waals surface area contributed by atoms with Crippen LogP contribution in [0.1, 0.15) is 76.0 Å². The Morgan fingerprint density at radius 3 is 2.00 bits per heavy atom. The summed E-state index contributed by atoms with van der Waals surface area (Å²) in [6, 6.07) is 17.7. The Kier molecular flexibility index (Phi) is 10.5. The fraction of sp³-hybridized carbons (Fsp3) is 0.444. The number of piperidine rings is 3. The second-order valence-corrected chi connectivity index (χ2v) is 17.4. The van der Waals surface area contributed by atoms with Gasteiger partial charge in [0.1, 0.15) is 6.04 Å². The Morgan fingerprint density at radius 1 is 0.683 bits per heavy atom. The van der Waals surface area contributed by atoms with Gasteiger partial charge in [-0.15, -0.1) is 0 Å². The number of carbonyl (C=O) groups excluding carboxylic acids is 6. The Bertz CT molecular complexity index is 2300. The number of halogens is 1. The first-order chi connectivity index (χ1) is 29.0. The zero-order chi connectivity index (χ0) is 41.7. The van der Waals surface area contributed by atoms with Gasteiger partial charge < -0.3 is 24.5 Å². The van der Waals surface area contributed by atoms with Gasteiger partial charge in [-0.1, -0.05) is 17.7 Å². The van der Waals surface area contributed by atoms with Crippen LogP contribution >= 0.6 is 11.6 Å². The predicted octanol–water partition coefficient (Wildman–Crippen LogP) is 4.99. The zero-order valence-electron chi connectivity index (χ0n) is 33.4. The molecule has 0 bridgehead atoms. The van der Waals surface area contributed by atoms with E-state index in [-0.39, 0.29) is 47.1 Å². The molecule has 1 atom stereocenters. The number of likely N-dealkylation sites (tertiary alicyclic amines) is 1. The van der Waals surface area contributed by atoms with E-state index < -0.39 is 29.7 Å². The van der Waals surface area contributed by atoms with E-state index in [9.17, 15) is 28.8 Å². The maximum Gasteiger partial charge on any atom is 0.262 e. The second-order valence-electron chi connectivity index (χ2n) is 17.0. The van der Waals surface area contributed by atoms with Gasteiger partial charge in [-0.25, -0.2) is 4.85 Å². The summed E-state index contributed by atoms with van der Waals surface area (Å²) in [5.41, 5.74) is 4.71. The standard InChI is InChI=1S/C45H47ClN8O6/c1-47-37-9-7-33(27-36(37)46)53-21-16-45(28-53)14-19-51(20-15-45)41(57)29-2-4-31(5-3-29)50-22-24-52(25-23-50)42(58)30-12-17-49(18-13-30)32-6-8-34-35(26-32)44(60)54(43(34)59)38-10-11-39(55)48-40(38)56/h2-9,26-27,30,38H,10-25,28H2,(H,48,55,56). The third-order valence-electron chi connectivity index (χ3n) is 13.7. The molecular formula is C45H47ClN8O6. The van der Waals surface area contributed by atoms with Crippen molar-refractivity contribution in [3.8, 4) is 0 Å². The lowest BCUT2D eigenvalue weighted by Gasteiger charge is -2.40. The van der Waals surface area contributed by atoms with Crippen LogP contribution in [-0.4, -0.2) is 122 Å². The van der Waals surface area contributed by atoms with Crippen LogP contribution in [0, 0.1) is 17.9 Å². The Balaban J connectivity index is 0.727. The van der Waals surface area contributed by atoms with Crippen LogP contribution in [0.2, 0.25) is 5.02 Å². The van der Waals surface area contributed by atoms with Gasteiger partial charge in [0.05, 0.1) is 17.7 Å². The van der Waals surface area contributed by atoms with Crippen molar-refractivity contribution in [3.05, 3.63) is 93.8 Å². The van der Waals surface area contributed by atoms with E-state index in [0.29, 0.717) is 68.4 Å². The Hall–Kier alpha value is -5.94. The molecule has 6 aliphatic rings. The maximum absolute atomic E-state index is 13.7. The number of fused-ring (bicyclic) bond motifs is 1. The summed E-state index contributed by atoms with van der Waals surface area (Å²) in [6.45, 7) is 14.5. The minimum atomic E-state index is -1.01. The number of anilines is 3. The number of hydrogen-bond acceptors (Lipinski definition) is 9. The number of piperazine rings is 1. The van der Waals surface area contributed by atoms with Gasteiger partial charge in [0.15, 0.2) is 0 Å². The van der Waals surface area contributed by atoms with Crippen molar-refractivity contribution in [1.29, 1.82) is 0 Å². The fourth-order valence-electron chi connectivity index (χ4n) is 10.0. The van der Waals surface area contributed by atoms with Gasteiger partial charge >= 0.3 is 0 Å². The second kappa shape index (κ2) is 15.9. The molecule has 60 heavy (non-hydrogen) atoms. The molecule has 3 aromatic rings. The summed E-state index contributed by atoms with van der Waals surface area (Å²) < 4.78 is 0. The van der Waals surface area contributed by atoms with E-state index in [2.05, 4.69) is 24.9 Å². The molecule has 5 fully saturated rings. The highest BCUT2D eigenvalue weighted by Crippen LogP contribution is 2.43. The molecule has 0 aliphatic carbocycles. The normalized spacial score (nSPS) is 22.0. The van der Waals surface area contributed by atoms with Crippen LogP contribution < -0.4 is 20.0 Å². The fourth-order valence-corrected chi connectivity index (χ4v) is 10.2. The van der Waals surface area contributed by atoms with Crippen LogP contribution in [0.4, 0.5) is 22.7 Å². The van der Waals surface area contributed by atoms with Gasteiger partial charge in [0, 0.05) is 105 Å². The molecule has 310 valence electrons. The third-order valence-corrected chi connectivity index (χ3v) is 14.0. The number of nitrogens with one attached hydrogen (secondary N) is 1.